The van der Waals surface area contributed by atoms with E-state index in [9.17, 15) is 8.42 Å². The van der Waals surface area contributed by atoms with Crippen LogP contribution in [0.2, 0.25) is 0 Å². The lowest BCUT2D eigenvalue weighted by Crippen LogP contribution is -2.59. The Hall–Kier alpha value is -0.850. The van der Waals surface area contributed by atoms with Crippen molar-refractivity contribution in [2.45, 2.75) is 24.3 Å². The van der Waals surface area contributed by atoms with Crippen LogP contribution in [0, 0.1) is 6.92 Å². The summed E-state index contributed by atoms with van der Waals surface area (Å²) < 4.78 is 31.4. The van der Waals surface area contributed by atoms with E-state index in [1.807, 2.05) is 13.8 Å². The highest BCUT2D eigenvalue weighted by Crippen LogP contribution is 2.20. The van der Waals surface area contributed by atoms with E-state index in [4.69, 9.17) is 4.74 Å². The number of aromatic amines is 1. The SMILES string of the molecule is Cc1cc(S(=O)(=O)NC2(C)COC2)c[nH]1. The van der Waals surface area contributed by atoms with Gasteiger partial charge in [0.15, 0.2) is 0 Å². The van der Waals surface area contributed by atoms with Crippen LogP contribution in [0.15, 0.2) is 17.2 Å². The van der Waals surface area contributed by atoms with Crippen LogP contribution in [-0.2, 0) is 14.8 Å². The van der Waals surface area contributed by atoms with Crippen molar-refractivity contribution in [1.29, 1.82) is 0 Å². The quantitative estimate of drug-likeness (QED) is 0.789. The molecule has 1 aromatic heterocycles. The Balaban J connectivity index is 2.20. The number of aryl methyl sites for hydroxylation is 1. The topological polar surface area (TPSA) is 71.2 Å². The van der Waals surface area contributed by atoms with Gasteiger partial charge in [-0.05, 0) is 19.9 Å². The molecule has 1 aliphatic heterocycles. The highest BCUT2D eigenvalue weighted by molar-refractivity contribution is 7.89. The summed E-state index contributed by atoms with van der Waals surface area (Å²) in [5, 5.41) is 0. The summed E-state index contributed by atoms with van der Waals surface area (Å²) >= 11 is 0. The second kappa shape index (κ2) is 3.33. The first-order valence-electron chi connectivity index (χ1n) is 4.68. The lowest BCUT2D eigenvalue weighted by Gasteiger charge is -2.38. The third-order valence-electron chi connectivity index (χ3n) is 2.33. The van der Waals surface area contributed by atoms with Gasteiger partial charge in [0.25, 0.3) is 0 Å². The first-order valence-corrected chi connectivity index (χ1v) is 6.16. The fourth-order valence-electron chi connectivity index (χ4n) is 1.49. The predicted molar refractivity (Wildman–Crippen MR) is 55.1 cm³/mol. The number of hydrogen-bond donors (Lipinski definition) is 2. The molecule has 84 valence electrons. The van der Waals surface area contributed by atoms with Crippen molar-refractivity contribution >= 4 is 10.0 Å². The fourth-order valence-corrected chi connectivity index (χ4v) is 2.92. The van der Waals surface area contributed by atoms with Gasteiger partial charge in [-0.15, -0.1) is 0 Å². The maximum atomic E-state index is 11.9. The number of ether oxygens (including phenoxy) is 1. The predicted octanol–water partition coefficient (Wildman–Crippen LogP) is 0.390. The molecule has 0 aliphatic carbocycles. The van der Waals surface area contributed by atoms with Crippen LogP contribution in [0.1, 0.15) is 12.6 Å². The Kier molecular flexibility index (Phi) is 2.37. The molecule has 5 nitrogen and oxygen atoms in total. The lowest BCUT2D eigenvalue weighted by atomic mass is 10.0. The normalized spacial score (nSPS) is 19.9. The summed E-state index contributed by atoms with van der Waals surface area (Å²) in [4.78, 5) is 3.12. The van der Waals surface area contributed by atoms with Crippen molar-refractivity contribution in [1.82, 2.24) is 9.71 Å². The third kappa shape index (κ3) is 2.06. The molecule has 0 atom stereocenters. The molecule has 0 amide bonds. The van der Waals surface area contributed by atoms with Crippen molar-refractivity contribution in [2.24, 2.45) is 0 Å². The number of hydrogen-bond acceptors (Lipinski definition) is 3. The molecule has 0 saturated carbocycles. The second-order valence-electron chi connectivity index (χ2n) is 4.18. The second-order valence-corrected chi connectivity index (χ2v) is 5.86. The van der Waals surface area contributed by atoms with Crippen LogP contribution in [0.25, 0.3) is 0 Å². The molecule has 2 rings (SSSR count). The van der Waals surface area contributed by atoms with Crippen LogP contribution in [0.5, 0.6) is 0 Å². The van der Waals surface area contributed by atoms with Crippen molar-refractivity contribution < 1.29 is 13.2 Å². The monoisotopic (exact) mass is 230 g/mol. The van der Waals surface area contributed by atoms with Crippen molar-refractivity contribution in [3.8, 4) is 0 Å². The number of aromatic nitrogens is 1. The van der Waals surface area contributed by atoms with Crippen LogP contribution in [0.3, 0.4) is 0 Å². The van der Waals surface area contributed by atoms with Crippen LogP contribution >= 0.6 is 0 Å². The van der Waals surface area contributed by atoms with Gasteiger partial charge in [0.1, 0.15) is 0 Å². The van der Waals surface area contributed by atoms with Gasteiger partial charge in [0, 0.05) is 11.9 Å². The number of rotatable bonds is 3. The Morgan fingerprint density at radius 1 is 1.53 bits per heavy atom. The molecule has 0 aromatic carbocycles. The van der Waals surface area contributed by atoms with Gasteiger partial charge < -0.3 is 9.72 Å². The van der Waals surface area contributed by atoms with E-state index >= 15 is 0 Å². The zero-order chi connectivity index (χ0) is 11.1. The Bertz CT molecular complexity index is 459. The number of nitrogens with one attached hydrogen (secondary N) is 2. The van der Waals surface area contributed by atoms with E-state index in [-0.39, 0.29) is 4.90 Å². The highest BCUT2D eigenvalue weighted by atomic mass is 32.2. The van der Waals surface area contributed by atoms with E-state index in [1.54, 1.807) is 6.07 Å². The molecule has 0 radical (unpaired) electrons. The van der Waals surface area contributed by atoms with Crippen molar-refractivity contribution in [3.05, 3.63) is 18.0 Å². The van der Waals surface area contributed by atoms with Gasteiger partial charge in [0.05, 0.1) is 23.6 Å². The smallest absolute Gasteiger partial charge is 0.242 e. The Morgan fingerprint density at radius 3 is 2.60 bits per heavy atom. The van der Waals surface area contributed by atoms with Gasteiger partial charge in [-0.2, -0.15) is 0 Å². The average Bonchev–Trinajstić information content (AvgIpc) is 2.49. The summed E-state index contributed by atoms with van der Waals surface area (Å²) in [6, 6.07) is 1.60. The molecule has 15 heavy (non-hydrogen) atoms. The number of sulfonamides is 1. The molecular formula is C9H14N2O3S. The zero-order valence-electron chi connectivity index (χ0n) is 8.70. The number of H-pyrrole nitrogens is 1. The Morgan fingerprint density at radius 2 is 2.20 bits per heavy atom. The lowest BCUT2D eigenvalue weighted by molar-refractivity contribution is -0.0523. The summed E-state index contributed by atoms with van der Waals surface area (Å²) in [5.41, 5.74) is 0.370. The summed E-state index contributed by atoms with van der Waals surface area (Å²) in [5.74, 6) is 0. The van der Waals surface area contributed by atoms with E-state index < -0.39 is 15.6 Å². The van der Waals surface area contributed by atoms with E-state index in [1.165, 1.54) is 6.20 Å². The van der Waals surface area contributed by atoms with Gasteiger partial charge in [-0.1, -0.05) is 0 Å². The highest BCUT2D eigenvalue weighted by Gasteiger charge is 2.37. The molecule has 1 fully saturated rings. The van der Waals surface area contributed by atoms with Gasteiger partial charge in [-0.25, -0.2) is 13.1 Å². The molecule has 0 bridgehead atoms. The standard InChI is InChI=1S/C9H14N2O3S/c1-7-3-8(4-10-7)15(12,13)11-9(2)5-14-6-9/h3-4,10-11H,5-6H2,1-2H3. The van der Waals surface area contributed by atoms with Crippen molar-refractivity contribution in [3.63, 3.8) is 0 Å². The van der Waals surface area contributed by atoms with Crippen LogP contribution in [0.4, 0.5) is 0 Å². The molecular weight excluding hydrogens is 216 g/mol. The van der Waals surface area contributed by atoms with E-state index in [0.717, 1.165) is 5.69 Å². The minimum atomic E-state index is -3.42. The molecule has 1 saturated heterocycles. The maximum absolute atomic E-state index is 11.9. The largest absolute Gasteiger partial charge is 0.377 e. The summed E-state index contributed by atoms with van der Waals surface area (Å²) in [6.45, 7) is 4.49. The van der Waals surface area contributed by atoms with E-state index in [2.05, 4.69) is 9.71 Å². The minimum absolute atomic E-state index is 0.271. The van der Waals surface area contributed by atoms with Crippen LogP contribution < -0.4 is 4.72 Å². The zero-order valence-corrected chi connectivity index (χ0v) is 9.52. The molecule has 1 aromatic rings. The third-order valence-corrected chi connectivity index (χ3v) is 3.95. The summed E-state index contributed by atoms with van der Waals surface area (Å²) in [6.07, 6.45) is 1.49. The maximum Gasteiger partial charge on any atom is 0.242 e. The average molecular weight is 230 g/mol. The Labute approximate surface area is 88.9 Å². The molecule has 6 heteroatoms. The van der Waals surface area contributed by atoms with E-state index in [0.29, 0.717) is 13.2 Å². The van der Waals surface area contributed by atoms with Gasteiger partial charge in [-0.3, -0.25) is 0 Å². The fraction of sp³-hybridized carbons (Fsp3) is 0.556. The van der Waals surface area contributed by atoms with Gasteiger partial charge >= 0.3 is 0 Å². The molecule has 2 heterocycles. The molecule has 2 N–H and O–H groups in total. The summed E-state index contributed by atoms with van der Waals surface area (Å²) in [7, 11) is -3.42. The molecule has 0 spiro atoms. The van der Waals surface area contributed by atoms with Crippen molar-refractivity contribution in [2.75, 3.05) is 13.2 Å². The van der Waals surface area contributed by atoms with Gasteiger partial charge in [0.2, 0.25) is 10.0 Å². The first-order chi connectivity index (χ1) is 6.91. The minimum Gasteiger partial charge on any atom is -0.377 e. The first kappa shape index (κ1) is 10.7. The molecule has 0 unspecified atom stereocenters. The molecule has 1 aliphatic rings. The van der Waals surface area contributed by atoms with Crippen LogP contribution in [-0.4, -0.2) is 32.2 Å².